The van der Waals surface area contributed by atoms with Crippen molar-refractivity contribution in [2.24, 2.45) is 0 Å². The molecule has 1 fully saturated rings. The zero-order valence-corrected chi connectivity index (χ0v) is 17.4. The maximum atomic E-state index is 13.2. The molecule has 2 N–H and O–H groups in total. The summed E-state index contributed by atoms with van der Waals surface area (Å²) in [7, 11) is 5.56. The molecule has 1 heterocycles. The predicted molar refractivity (Wildman–Crippen MR) is 113 cm³/mol. The first-order valence-corrected chi connectivity index (χ1v) is 9.92. The zero-order valence-electron chi connectivity index (χ0n) is 17.4. The number of carbonyl (C=O) groups is 1. The minimum atomic E-state index is -0.761. The van der Waals surface area contributed by atoms with Gasteiger partial charge in [0, 0.05) is 39.5 Å². The summed E-state index contributed by atoms with van der Waals surface area (Å²) in [5.41, 5.74) is 2.13. The van der Waals surface area contributed by atoms with Crippen molar-refractivity contribution in [2.45, 2.75) is 24.4 Å². The van der Waals surface area contributed by atoms with Gasteiger partial charge in [-0.05, 0) is 48.2 Å². The van der Waals surface area contributed by atoms with E-state index in [-0.39, 0.29) is 12.5 Å². The van der Waals surface area contributed by atoms with Crippen LogP contribution in [0.2, 0.25) is 0 Å². The lowest BCUT2D eigenvalue weighted by molar-refractivity contribution is -0.131. The van der Waals surface area contributed by atoms with Gasteiger partial charge in [0.25, 0.3) is 0 Å². The van der Waals surface area contributed by atoms with Crippen molar-refractivity contribution >= 4 is 11.6 Å². The standard InChI is InChI=1S/C23H30N2O4/c1-25(2)19-8-4-17(5-9-19)21(26)16-24-22(27)23(12-14-29-15-13-23)18-6-10-20(28-3)11-7-18/h4-11,21,26H,12-16H2,1-3H3,(H,24,27). The molecule has 0 aliphatic carbocycles. The molecule has 2 aromatic carbocycles. The molecule has 1 aliphatic heterocycles. The Kier molecular flexibility index (Phi) is 6.77. The van der Waals surface area contributed by atoms with Crippen LogP contribution >= 0.6 is 0 Å². The Morgan fingerprint density at radius 3 is 2.31 bits per heavy atom. The average Bonchev–Trinajstić information content (AvgIpc) is 2.77. The van der Waals surface area contributed by atoms with Crippen LogP contribution in [0.25, 0.3) is 0 Å². The van der Waals surface area contributed by atoms with E-state index < -0.39 is 11.5 Å². The SMILES string of the molecule is COc1ccc(C2(C(=O)NCC(O)c3ccc(N(C)C)cc3)CCOCC2)cc1. The minimum Gasteiger partial charge on any atom is -0.497 e. The molecule has 0 aromatic heterocycles. The fraction of sp³-hybridized carbons (Fsp3) is 0.435. The largest absolute Gasteiger partial charge is 0.497 e. The third-order valence-corrected chi connectivity index (χ3v) is 5.67. The monoisotopic (exact) mass is 398 g/mol. The lowest BCUT2D eigenvalue weighted by atomic mass is 9.73. The molecule has 6 nitrogen and oxygen atoms in total. The fourth-order valence-corrected chi connectivity index (χ4v) is 3.75. The summed E-state index contributed by atoms with van der Waals surface area (Å²) in [6.45, 7) is 1.24. The lowest BCUT2D eigenvalue weighted by Crippen LogP contribution is -2.48. The number of aliphatic hydroxyl groups is 1. The van der Waals surface area contributed by atoms with E-state index in [0.29, 0.717) is 26.1 Å². The van der Waals surface area contributed by atoms with Crippen LogP contribution in [0, 0.1) is 0 Å². The van der Waals surface area contributed by atoms with Crippen molar-refractivity contribution in [2.75, 3.05) is 45.9 Å². The van der Waals surface area contributed by atoms with E-state index in [4.69, 9.17) is 9.47 Å². The Balaban J connectivity index is 1.71. The van der Waals surface area contributed by atoms with Crippen molar-refractivity contribution in [1.29, 1.82) is 0 Å². The van der Waals surface area contributed by atoms with Crippen LogP contribution in [0.5, 0.6) is 5.75 Å². The summed E-state index contributed by atoms with van der Waals surface area (Å²) < 4.78 is 10.7. The Labute approximate surface area is 172 Å². The molecule has 1 atom stereocenters. The summed E-state index contributed by atoms with van der Waals surface area (Å²) in [6, 6.07) is 15.3. The number of aliphatic hydroxyl groups excluding tert-OH is 1. The molecule has 0 bridgehead atoms. The van der Waals surface area contributed by atoms with Crippen LogP contribution < -0.4 is 15.0 Å². The van der Waals surface area contributed by atoms with Gasteiger partial charge in [-0.2, -0.15) is 0 Å². The number of carbonyl (C=O) groups excluding carboxylic acids is 1. The Morgan fingerprint density at radius 2 is 1.76 bits per heavy atom. The smallest absolute Gasteiger partial charge is 0.230 e. The molecule has 6 heteroatoms. The van der Waals surface area contributed by atoms with Gasteiger partial charge >= 0.3 is 0 Å². The topological polar surface area (TPSA) is 71.0 Å². The molecule has 1 aliphatic rings. The van der Waals surface area contributed by atoms with Gasteiger partial charge in [-0.3, -0.25) is 4.79 Å². The number of rotatable bonds is 7. The summed E-state index contributed by atoms with van der Waals surface area (Å²) in [5.74, 6) is 0.683. The Hall–Kier alpha value is -2.57. The predicted octanol–water partition coefficient (Wildman–Crippen LogP) is 2.66. The van der Waals surface area contributed by atoms with Gasteiger partial charge in [-0.25, -0.2) is 0 Å². The van der Waals surface area contributed by atoms with Gasteiger partial charge in [0.15, 0.2) is 0 Å². The second-order valence-electron chi connectivity index (χ2n) is 7.63. The van der Waals surface area contributed by atoms with Crippen LogP contribution in [-0.4, -0.2) is 52.0 Å². The number of anilines is 1. The molecule has 1 unspecified atom stereocenters. The van der Waals surface area contributed by atoms with Gasteiger partial charge in [0.05, 0.1) is 18.6 Å². The van der Waals surface area contributed by atoms with E-state index in [1.807, 2.05) is 67.5 Å². The van der Waals surface area contributed by atoms with Crippen LogP contribution in [0.4, 0.5) is 5.69 Å². The number of benzene rings is 2. The summed E-state index contributed by atoms with van der Waals surface area (Å²) in [5, 5.41) is 13.5. The number of hydrogen-bond acceptors (Lipinski definition) is 5. The van der Waals surface area contributed by atoms with Crippen molar-refractivity contribution in [3.63, 3.8) is 0 Å². The molecule has 1 amide bonds. The van der Waals surface area contributed by atoms with E-state index in [2.05, 4.69) is 5.32 Å². The second kappa shape index (κ2) is 9.29. The van der Waals surface area contributed by atoms with Crippen LogP contribution in [0.3, 0.4) is 0 Å². The summed E-state index contributed by atoms with van der Waals surface area (Å²) in [4.78, 5) is 15.2. The number of hydrogen-bond donors (Lipinski definition) is 2. The van der Waals surface area contributed by atoms with Crippen molar-refractivity contribution in [3.8, 4) is 5.75 Å². The molecule has 0 saturated carbocycles. The molecule has 29 heavy (non-hydrogen) atoms. The molecular weight excluding hydrogens is 368 g/mol. The van der Waals surface area contributed by atoms with E-state index in [1.165, 1.54) is 0 Å². The average molecular weight is 399 g/mol. The molecule has 2 aromatic rings. The number of methoxy groups -OCH3 is 1. The van der Waals surface area contributed by atoms with Gasteiger partial charge in [0.2, 0.25) is 5.91 Å². The number of amides is 1. The maximum Gasteiger partial charge on any atom is 0.230 e. The van der Waals surface area contributed by atoms with Crippen LogP contribution in [0.1, 0.15) is 30.1 Å². The third kappa shape index (κ3) is 4.71. The zero-order chi connectivity index (χ0) is 20.9. The minimum absolute atomic E-state index is 0.0741. The van der Waals surface area contributed by atoms with Gasteiger partial charge in [-0.15, -0.1) is 0 Å². The normalized spacial score (nSPS) is 16.7. The third-order valence-electron chi connectivity index (χ3n) is 5.67. The highest BCUT2D eigenvalue weighted by Crippen LogP contribution is 2.36. The van der Waals surface area contributed by atoms with Gasteiger partial charge in [-0.1, -0.05) is 24.3 Å². The van der Waals surface area contributed by atoms with E-state index >= 15 is 0 Å². The molecule has 1 saturated heterocycles. The first-order valence-electron chi connectivity index (χ1n) is 9.92. The van der Waals surface area contributed by atoms with Gasteiger partial charge in [0.1, 0.15) is 5.75 Å². The highest BCUT2D eigenvalue weighted by molar-refractivity contribution is 5.88. The lowest BCUT2D eigenvalue weighted by Gasteiger charge is -2.36. The molecule has 0 spiro atoms. The number of nitrogens with zero attached hydrogens (tertiary/aromatic N) is 1. The Morgan fingerprint density at radius 1 is 1.14 bits per heavy atom. The first-order chi connectivity index (χ1) is 14.0. The first kappa shape index (κ1) is 21.1. The highest BCUT2D eigenvalue weighted by Gasteiger charge is 2.41. The van der Waals surface area contributed by atoms with E-state index in [1.54, 1.807) is 7.11 Å². The maximum absolute atomic E-state index is 13.2. The molecular formula is C23H30N2O4. The van der Waals surface area contributed by atoms with Crippen LogP contribution in [-0.2, 0) is 14.9 Å². The number of nitrogens with one attached hydrogen (secondary N) is 1. The molecule has 3 rings (SSSR count). The second-order valence-corrected chi connectivity index (χ2v) is 7.63. The highest BCUT2D eigenvalue weighted by atomic mass is 16.5. The van der Waals surface area contributed by atoms with Crippen molar-refractivity contribution < 1.29 is 19.4 Å². The van der Waals surface area contributed by atoms with Crippen molar-refractivity contribution in [3.05, 3.63) is 59.7 Å². The fourth-order valence-electron chi connectivity index (χ4n) is 3.75. The number of ether oxygens (including phenoxy) is 2. The molecule has 156 valence electrons. The van der Waals surface area contributed by atoms with Crippen molar-refractivity contribution in [1.82, 2.24) is 5.32 Å². The molecule has 0 radical (unpaired) electrons. The van der Waals surface area contributed by atoms with Crippen LogP contribution in [0.15, 0.2) is 48.5 Å². The van der Waals surface area contributed by atoms with E-state index in [9.17, 15) is 9.90 Å². The Bertz CT molecular complexity index is 797. The quantitative estimate of drug-likeness (QED) is 0.750. The summed E-state index contributed by atoms with van der Waals surface area (Å²) in [6.07, 6.45) is 0.459. The summed E-state index contributed by atoms with van der Waals surface area (Å²) >= 11 is 0. The van der Waals surface area contributed by atoms with Gasteiger partial charge < -0.3 is 24.8 Å². The van der Waals surface area contributed by atoms with E-state index in [0.717, 1.165) is 22.6 Å².